The van der Waals surface area contributed by atoms with Crippen molar-refractivity contribution in [1.29, 1.82) is 0 Å². The number of likely N-dealkylation sites (tertiary alicyclic amines) is 1. The fourth-order valence-corrected chi connectivity index (χ4v) is 4.10. The van der Waals surface area contributed by atoms with Crippen molar-refractivity contribution in [3.63, 3.8) is 0 Å². The van der Waals surface area contributed by atoms with E-state index in [9.17, 15) is 9.59 Å². The third kappa shape index (κ3) is 3.14. The van der Waals surface area contributed by atoms with Gasteiger partial charge < -0.3 is 14.2 Å². The first-order valence-electron chi connectivity index (χ1n) is 9.33. The maximum Gasteiger partial charge on any atom is 0.290 e. The predicted octanol–water partition coefficient (Wildman–Crippen LogP) is 3.11. The SMILES string of the molecule is CC1CCCN(C(=O)C2Cc3ccccc3CN2C(=O)c2ccco2)C1. The van der Waals surface area contributed by atoms with Crippen molar-refractivity contribution in [3.05, 3.63) is 59.5 Å². The fraction of sp³-hybridized carbons (Fsp3) is 0.429. The van der Waals surface area contributed by atoms with Crippen molar-refractivity contribution in [2.45, 2.75) is 38.8 Å². The van der Waals surface area contributed by atoms with Gasteiger partial charge in [-0.15, -0.1) is 0 Å². The smallest absolute Gasteiger partial charge is 0.290 e. The monoisotopic (exact) mass is 352 g/mol. The Morgan fingerprint density at radius 3 is 2.65 bits per heavy atom. The highest BCUT2D eigenvalue weighted by Gasteiger charge is 2.38. The summed E-state index contributed by atoms with van der Waals surface area (Å²) in [5, 5.41) is 0. The summed E-state index contributed by atoms with van der Waals surface area (Å²) in [6.07, 6.45) is 4.25. The number of rotatable bonds is 2. The van der Waals surface area contributed by atoms with Crippen LogP contribution in [0.1, 0.15) is 41.4 Å². The standard InChI is InChI=1S/C21H24N2O3/c1-15-6-4-10-22(13-15)20(24)18-12-16-7-2-3-8-17(16)14-23(18)21(25)19-9-5-11-26-19/h2-3,5,7-9,11,15,18H,4,6,10,12-14H2,1H3. The van der Waals surface area contributed by atoms with E-state index in [0.29, 0.717) is 18.9 Å². The minimum absolute atomic E-state index is 0.0611. The van der Waals surface area contributed by atoms with Crippen LogP contribution < -0.4 is 0 Å². The van der Waals surface area contributed by atoms with Crippen LogP contribution in [0.4, 0.5) is 0 Å². The van der Waals surface area contributed by atoms with Gasteiger partial charge in [0.15, 0.2) is 5.76 Å². The normalized spacial score (nSPS) is 22.8. The quantitative estimate of drug-likeness (QED) is 0.834. The highest BCUT2D eigenvalue weighted by atomic mass is 16.3. The van der Waals surface area contributed by atoms with Crippen LogP contribution in [0.15, 0.2) is 47.1 Å². The second-order valence-electron chi connectivity index (χ2n) is 7.43. The van der Waals surface area contributed by atoms with Crippen molar-refractivity contribution in [3.8, 4) is 0 Å². The van der Waals surface area contributed by atoms with Gasteiger partial charge in [0.2, 0.25) is 5.91 Å². The molecular formula is C21H24N2O3. The lowest BCUT2D eigenvalue weighted by Crippen LogP contribution is -2.55. The molecule has 2 aliphatic rings. The van der Waals surface area contributed by atoms with E-state index < -0.39 is 6.04 Å². The van der Waals surface area contributed by atoms with Gasteiger partial charge in [0.1, 0.15) is 6.04 Å². The summed E-state index contributed by atoms with van der Waals surface area (Å²) >= 11 is 0. The van der Waals surface area contributed by atoms with E-state index in [-0.39, 0.29) is 17.6 Å². The number of nitrogens with zero attached hydrogens (tertiary/aromatic N) is 2. The summed E-state index contributed by atoms with van der Waals surface area (Å²) in [7, 11) is 0. The molecule has 4 rings (SSSR count). The Bertz CT molecular complexity index is 799. The number of carbonyl (C=O) groups is 2. The zero-order valence-corrected chi connectivity index (χ0v) is 15.1. The molecule has 0 aliphatic carbocycles. The first-order valence-corrected chi connectivity index (χ1v) is 9.33. The van der Waals surface area contributed by atoms with Gasteiger partial charge in [0.25, 0.3) is 5.91 Å². The Balaban J connectivity index is 1.64. The summed E-state index contributed by atoms with van der Waals surface area (Å²) in [5.74, 6) is 0.644. The number of furan rings is 1. The predicted molar refractivity (Wildman–Crippen MR) is 97.5 cm³/mol. The van der Waals surface area contributed by atoms with Crippen LogP contribution in [0.2, 0.25) is 0 Å². The lowest BCUT2D eigenvalue weighted by molar-refractivity contribution is -0.138. The number of hydrogen-bond acceptors (Lipinski definition) is 3. The minimum atomic E-state index is -0.465. The Labute approximate surface area is 153 Å². The van der Waals surface area contributed by atoms with Gasteiger partial charge in [-0.2, -0.15) is 0 Å². The van der Waals surface area contributed by atoms with Crippen molar-refractivity contribution < 1.29 is 14.0 Å². The molecule has 5 heteroatoms. The van der Waals surface area contributed by atoms with Crippen LogP contribution in [0.5, 0.6) is 0 Å². The third-order valence-corrected chi connectivity index (χ3v) is 5.50. The lowest BCUT2D eigenvalue weighted by Gasteiger charge is -2.40. The molecule has 0 radical (unpaired) electrons. The lowest BCUT2D eigenvalue weighted by atomic mass is 9.91. The molecule has 1 saturated heterocycles. The van der Waals surface area contributed by atoms with Gasteiger partial charge in [-0.1, -0.05) is 31.2 Å². The van der Waals surface area contributed by atoms with Gasteiger partial charge in [-0.25, -0.2) is 0 Å². The largest absolute Gasteiger partial charge is 0.459 e. The number of amides is 2. The molecule has 26 heavy (non-hydrogen) atoms. The Morgan fingerprint density at radius 2 is 1.92 bits per heavy atom. The molecule has 2 atom stereocenters. The maximum atomic E-state index is 13.3. The van der Waals surface area contributed by atoms with E-state index in [1.165, 1.54) is 6.26 Å². The summed E-state index contributed by atoms with van der Waals surface area (Å²) in [6.45, 7) is 4.18. The highest BCUT2D eigenvalue weighted by Crippen LogP contribution is 2.27. The van der Waals surface area contributed by atoms with Crippen LogP contribution in [0.25, 0.3) is 0 Å². The molecule has 136 valence electrons. The second kappa shape index (κ2) is 6.98. The minimum Gasteiger partial charge on any atom is -0.459 e. The van der Waals surface area contributed by atoms with Crippen LogP contribution in [-0.4, -0.2) is 40.7 Å². The Morgan fingerprint density at radius 1 is 1.12 bits per heavy atom. The van der Waals surface area contributed by atoms with Gasteiger partial charge in [0, 0.05) is 26.1 Å². The molecule has 1 aromatic heterocycles. The number of hydrogen-bond donors (Lipinski definition) is 0. The maximum absolute atomic E-state index is 13.3. The van der Waals surface area contributed by atoms with Crippen molar-refractivity contribution in [1.82, 2.24) is 9.80 Å². The average molecular weight is 352 g/mol. The van der Waals surface area contributed by atoms with Gasteiger partial charge in [0.05, 0.1) is 6.26 Å². The van der Waals surface area contributed by atoms with Crippen LogP contribution in [0, 0.1) is 5.92 Å². The molecule has 0 bridgehead atoms. The summed E-state index contributed by atoms with van der Waals surface area (Å²) in [6, 6.07) is 11.0. The molecule has 0 N–H and O–H groups in total. The third-order valence-electron chi connectivity index (χ3n) is 5.50. The van der Waals surface area contributed by atoms with Crippen molar-refractivity contribution >= 4 is 11.8 Å². The van der Waals surface area contributed by atoms with Crippen LogP contribution in [0.3, 0.4) is 0 Å². The first-order chi connectivity index (χ1) is 12.6. The average Bonchev–Trinajstić information content (AvgIpc) is 3.20. The molecule has 0 saturated carbocycles. The zero-order valence-electron chi connectivity index (χ0n) is 15.1. The van der Waals surface area contributed by atoms with Crippen molar-refractivity contribution in [2.24, 2.45) is 5.92 Å². The molecule has 1 fully saturated rings. The fourth-order valence-electron chi connectivity index (χ4n) is 4.10. The topological polar surface area (TPSA) is 53.8 Å². The molecule has 3 heterocycles. The van der Waals surface area contributed by atoms with E-state index in [0.717, 1.165) is 37.1 Å². The summed E-state index contributed by atoms with van der Waals surface area (Å²) < 4.78 is 5.31. The zero-order chi connectivity index (χ0) is 18.1. The van der Waals surface area contributed by atoms with Crippen molar-refractivity contribution in [2.75, 3.05) is 13.1 Å². The molecule has 2 unspecified atom stereocenters. The summed E-state index contributed by atoms with van der Waals surface area (Å²) in [4.78, 5) is 29.9. The van der Waals surface area contributed by atoms with E-state index in [4.69, 9.17) is 4.42 Å². The molecule has 2 aromatic rings. The number of carbonyl (C=O) groups excluding carboxylic acids is 2. The van der Waals surface area contributed by atoms with Crippen LogP contribution >= 0.6 is 0 Å². The van der Waals surface area contributed by atoms with E-state index in [1.54, 1.807) is 17.0 Å². The molecular weight excluding hydrogens is 328 g/mol. The van der Waals surface area contributed by atoms with Gasteiger partial charge in [-0.05, 0) is 42.0 Å². The number of fused-ring (bicyclic) bond motifs is 1. The molecule has 5 nitrogen and oxygen atoms in total. The van der Waals surface area contributed by atoms with Crippen LogP contribution in [-0.2, 0) is 17.8 Å². The number of piperidine rings is 1. The molecule has 2 amide bonds. The molecule has 1 aromatic carbocycles. The highest BCUT2D eigenvalue weighted by molar-refractivity contribution is 5.96. The Kier molecular flexibility index (Phi) is 4.53. The van der Waals surface area contributed by atoms with E-state index in [2.05, 4.69) is 13.0 Å². The Hall–Kier alpha value is -2.56. The summed E-state index contributed by atoms with van der Waals surface area (Å²) in [5.41, 5.74) is 2.25. The second-order valence-corrected chi connectivity index (χ2v) is 7.43. The molecule has 2 aliphatic heterocycles. The van der Waals surface area contributed by atoms with E-state index in [1.807, 2.05) is 23.1 Å². The number of benzene rings is 1. The van der Waals surface area contributed by atoms with E-state index >= 15 is 0 Å². The first kappa shape index (κ1) is 16.9. The van der Waals surface area contributed by atoms with Gasteiger partial charge in [-0.3, -0.25) is 9.59 Å². The molecule has 0 spiro atoms. The van der Waals surface area contributed by atoms with Gasteiger partial charge >= 0.3 is 0 Å².